The Morgan fingerprint density at radius 2 is 1.88 bits per heavy atom. The Hall–Kier alpha value is -3.15. The maximum absolute atomic E-state index is 13.7. The molecule has 1 aliphatic heterocycles. The van der Waals surface area contributed by atoms with E-state index in [9.17, 15) is 14.0 Å². The van der Waals surface area contributed by atoms with Crippen LogP contribution in [0.4, 0.5) is 10.1 Å². The minimum Gasteiger partial charge on any atom is -0.397 e. The standard InChI is InChI=1S/C19H16FN3O2/c1-22-18(24)10-13(19(22)25)17-9-11-8-12(20)6-7-15(11)23(17)16-5-3-2-4-14(16)21/h2-9,13H,10,21H2,1H3. The molecule has 3 aromatic rings. The highest BCUT2D eigenvalue weighted by Crippen LogP contribution is 2.36. The van der Waals surface area contributed by atoms with Gasteiger partial charge in [-0.1, -0.05) is 12.1 Å². The van der Waals surface area contributed by atoms with Crippen molar-refractivity contribution in [3.8, 4) is 5.69 Å². The van der Waals surface area contributed by atoms with E-state index in [1.54, 1.807) is 18.2 Å². The summed E-state index contributed by atoms with van der Waals surface area (Å²) < 4.78 is 15.5. The first-order valence-corrected chi connectivity index (χ1v) is 7.93. The van der Waals surface area contributed by atoms with Gasteiger partial charge in [0.05, 0.1) is 22.8 Å². The molecule has 1 aliphatic rings. The van der Waals surface area contributed by atoms with Gasteiger partial charge in [0.15, 0.2) is 0 Å². The number of nitrogens with two attached hydrogens (primary N) is 1. The molecular weight excluding hydrogens is 321 g/mol. The van der Waals surface area contributed by atoms with Crippen molar-refractivity contribution in [2.24, 2.45) is 0 Å². The third-order valence-corrected chi connectivity index (χ3v) is 4.71. The number of carbonyl (C=O) groups excluding carboxylic acids is 2. The van der Waals surface area contributed by atoms with Gasteiger partial charge in [0.2, 0.25) is 11.8 Å². The number of para-hydroxylation sites is 2. The first kappa shape index (κ1) is 15.4. The Morgan fingerprint density at radius 1 is 1.12 bits per heavy atom. The Kier molecular flexibility index (Phi) is 3.35. The number of halogens is 1. The van der Waals surface area contributed by atoms with Crippen LogP contribution in [0.25, 0.3) is 16.6 Å². The van der Waals surface area contributed by atoms with Gasteiger partial charge < -0.3 is 10.3 Å². The molecule has 6 heteroatoms. The molecule has 1 aromatic heterocycles. The van der Waals surface area contributed by atoms with Crippen molar-refractivity contribution >= 4 is 28.4 Å². The quantitative estimate of drug-likeness (QED) is 0.577. The zero-order valence-electron chi connectivity index (χ0n) is 13.6. The summed E-state index contributed by atoms with van der Waals surface area (Å²) in [6, 6.07) is 13.5. The molecule has 2 aromatic carbocycles. The van der Waals surface area contributed by atoms with Crippen LogP contribution < -0.4 is 5.73 Å². The molecule has 2 N–H and O–H groups in total. The van der Waals surface area contributed by atoms with Crippen molar-refractivity contribution in [2.75, 3.05) is 12.8 Å². The fourth-order valence-corrected chi connectivity index (χ4v) is 3.41. The third-order valence-electron chi connectivity index (χ3n) is 4.71. The van der Waals surface area contributed by atoms with Crippen LogP contribution in [0.1, 0.15) is 18.0 Å². The number of aromatic nitrogens is 1. The van der Waals surface area contributed by atoms with Crippen LogP contribution in [0, 0.1) is 5.82 Å². The van der Waals surface area contributed by atoms with E-state index in [1.807, 2.05) is 22.8 Å². The van der Waals surface area contributed by atoms with E-state index in [1.165, 1.54) is 19.2 Å². The molecule has 4 rings (SSSR count). The minimum absolute atomic E-state index is 0.0981. The summed E-state index contributed by atoms with van der Waals surface area (Å²) >= 11 is 0. The predicted molar refractivity (Wildman–Crippen MR) is 92.8 cm³/mol. The van der Waals surface area contributed by atoms with Crippen LogP contribution in [0.5, 0.6) is 0 Å². The minimum atomic E-state index is -0.604. The second-order valence-electron chi connectivity index (χ2n) is 6.21. The van der Waals surface area contributed by atoms with E-state index in [2.05, 4.69) is 0 Å². The lowest BCUT2D eigenvalue weighted by molar-refractivity contribution is -0.137. The van der Waals surface area contributed by atoms with Crippen LogP contribution in [-0.4, -0.2) is 28.3 Å². The Bertz CT molecular complexity index is 1020. The lowest BCUT2D eigenvalue weighted by Crippen LogP contribution is -2.25. The first-order chi connectivity index (χ1) is 12.0. The molecule has 0 saturated carbocycles. The SMILES string of the molecule is CN1C(=O)CC(c2cc3cc(F)ccc3n2-c2ccccc2N)C1=O. The van der Waals surface area contributed by atoms with Crippen molar-refractivity contribution in [1.82, 2.24) is 9.47 Å². The molecule has 1 fully saturated rings. The maximum Gasteiger partial charge on any atom is 0.238 e. The molecule has 0 spiro atoms. The predicted octanol–water partition coefficient (Wildman–Crippen LogP) is 2.82. The number of anilines is 1. The van der Waals surface area contributed by atoms with Gasteiger partial charge in [0, 0.05) is 24.5 Å². The number of likely N-dealkylation sites (tertiary alicyclic amines) is 1. The second kappa shape index (κ2) is 5.44. The van der Waals surface area contributed by atoms with Gasteiger partial charge in [-0.25, -0.2) is 4.39 Å². The van der Waals surface area contributed by atoms with Crippen LogP contribution in [0.15, 0.2) is 48.5 Å². The van der Waals surface area contributed by atoms with E-state index < -0.39 is 5.92 Å². The number of hydrogen-bond acceptors (Lipinski definition) is 3. The van der Waals surface area contributed by atoms with Gasteiger partial charge in [0.1, 0.15) is 5.82 Å². The molecule has 0 radical (unpaired) electrons. The Labute approximate surface area is 143 Å². The van der Waals surface area contributed by atoms with Crippen molar-refractivity contribution in [1.29, 1.82) is 0 Å². The highest BCUT2D eigenvalue weighted by Gasteiger charge is 2.39. The van der Waals surface area contributed by atoms with Crippen molar-refractivity contribution in [3.05, 3.63) is 60.0 Å². The Balaban J connectivity index is 2.01. The van der Waals surface area contributed by atoms with E-state index in [0.29, 0.717) is 22.5 Å². The first-order valence-electron chi connectivity index (χ1n) is 7.93. The average Bonchev–Trinajstić information content (AvgIpc) is 3.07. The fraction of sp³-hybridized carbons (Fsp3) is 0.158. The van der Waals surface area contributed by atoms with Gasteiger partial charge >= 0.3 is 0 Å². The number of carbonyl (C=O) groups is 2. The zero-order chi connectivity index (χ0) is 17.7. The van der Waals surface area contributed by atoms with Crippen LogP contribution in [0.2, 0.25) is 0 Å². The fourth-order valence-electron chi connectivity index (χ4n) is 3.41. The number of imide groups is 1. The van der Waals surface area contributed by atoms with Gasteiger partial charge in [-0.2, -0.15) is 0 Å². The molecular formula is C19H16FN3O2. The monoisotopic (exact) mass is 337 g/mol. The summed E-state index contributed by atoms with van der Waals surface area (Å²) in [5, 5.41) is 0.660. The topological polar surface area (TPSA) is 68.3 Å². The number of nitrogens with zero attached hydrogens (tertiary/aromatic N) is 2. The summed E-state index contributed by atoms with van der Waals surface area (Å²) in [7, 11) is 1.48. The normalized spacial score (nSPS) is 17.7. The lowest BCUT2D eigenvalue weighted by Gasteiger charge is -2.16. The molecule has 1 atom stereocenters. The third kappa shape index (κ3) is 2.29. The van der Waals surface area contributed by atoms with Crippen molar-refractivity contribution in [3.63, 3.8) is 0 Å². The largest absolute Gasteiger partial charge is 0.397 e. The molecule has 1 saturated heterocycles. The molecule has 1 unspecified atom stereocenters. The molecule has 2 amide bonds. The van der Waals surface area contributed by atoms with E-state index in [-0.39, 0.29) is 24.1 Å². The second-order valence-corrected chi connectivity index (χ2v) is 6.21. The van der Waals surface area contributed by atoms with Gasteiger partial charge in [-0.05, 0) is 36.4 Å². The summed E-state index contributed by atoms with van der Waals surface area (Å²) in [6.07, 6.45) is 0.0981. The van der Waals surface area contributed by atoms with Crippen LogP contribution in [-0.2, 0) is 9.59 Å². The van der Waals surface area contributed by atoms with E-state index in [4.69, 9.17) is 5.73 Å². The van der Waals surface area contributed by atoms with Gasteiger partial charge in [-0.15, -0.1) is 0 Å². The zero-order valence-corrected chi connectivity index (χ0v) is 13.6. The highest BCUT2D eigenvalue weighted by molar-refractivity contribution is 6.06. The molecule has 5 nitrogen and oxygen atoms in total. The summed E-state index contributed by atoms with van der Waals surface area (Å²) in [4.78, 5) is 25.6. The number of likely N-dealkylation sites (N-methyl/N-ethyl adjacent to an activating group) is 1. The number of amides is 2. The summed E-state index contributed by atoms with van der Waals surface area (Å²) in [6.45, 7) is 0. The average molecular weight is 337 g/mol. The lowest BCUT2D eigenvalue weighted by atomic mass is 10.0. The maximum atomic E-state index is 13.7. The van der Waals surface area contributed by atoms with Gasteiger partial charge in [0.25, 0.3) is 0 Å². The smallest absolute Gasteiger partial charge is 0.238 e. The number of benzene rings is 2. The van der Waals surface area contributed by atoms with Gasteiger partial charge in [-0.3, -0.25) is 14.5 Å². The Morgan fingerprint density at radius 3 is 2.56 bits per heavy atom. The van der Waals surface area contributed by atoms with E-state index >= 15 is 0 Å². The molecule has 126 valence electrons. The number of nitrogen functional groups attached to an aromatic ring is 1. The van der Waals surface area contributed by atoms with Crippen LogP contribution in [0.3, 0.4) is 0 Å². The molecule has 2 heterocycles. The van der Waals surface area contributed by atoms with E-state index in [0.717, 1.165) is 10.4 Å². The molecule has 0 aliphatic carbocycles. The summed E-state index contributed by atoms with van der Waals surface area (Å²) in [5.74, 6) is -1.45. The van der Waals surface area contributed by atoms with Crippen LogP contribution >= 0.6 is 0 Å². The van der Waals surface area contributed by atoms with Crippen molar-refractivity contribution < 1.29 is 14.0 Å². The highest BCUT2D eigenvalue weighted by atomic mass is 19.1. The number of rotatable bonds is 2. The van der Waals surface area contributed by atoms with Crippen molar-refractivity contribution in [2.45, 2.75) is 12.3 Å². The molecule has 0 bridgehead atoms. The number of hydrogen-bond donors (Lipinski definition) is 1. The summed E-state index contributed by atoms with van der Waals surface area (Å²) in [5.41, 5.74) is 8.75. The molecule has 25 heavy (non-hydrogen) atoms. The number of fused-ring (bicyclic) bond motifs is 1.